The van der Waals surface area contributed by atoms with Gasteiger partial charge < -0.3 is 14.6 Å². The van der Waals surface area contributed by atoms with Crippen molar-refractivity contribution in [2.75, 3.05) is 13.1 Å². The first-order valence-corrected chi connectivity index (χ1v) is 5.64. The molecule has 2 heterocycles. The predicted octanol–water partition coefficient (Wildman–Crippen LogP) is 1.96. The summed E-state index contributed by atoms with van der Waals surface area (Å²) in [6.45, 7) is 2.02. The van der Waals surface area contributed by atoms with E-state index in [1.54, 1.807) is 6.20 Å². The van der Waals surface area contributed by atoms with Gasteiger partial charge in [0.15, 0.2) is 5.58 Å². The number of hydrogen-bond donors (Lipinski definition) is 1. The molecule has 0 saturated carbocycles. The Bertz CT molecular complexity index is 475. The minimum absolute atomic E-state index is 0.272. The molecular formula is C12H14N2O2. The van der Waals surface area contributed by atoms with Crippen LogP contribution in [0.15, 0.2) is 28.9 Å². The number of fused-ring (bicyclic) bond motifs is 1. The van der Waals surface area contributed by atoms with Crippen LogP contribution in [0.1, 0.15) is 12.8 Å². The first kappa shape index (κ1) is 9.66. The summed E-state index contributed by atoms with van der Waals surface area (Å²) in [4.78, 5) is 0. The molecule has 4 nitrogen and oxygen atoms in total. The van der Waals surface area contributed by atoms with Gasteiger partial charge in [-0.2, -0.15) is 0 Å². The standard InChI is InChI=1S/C12H14N2O2/c1-2-11(8-13-5-1)15-10-4-3-9-7-14-16-12(9)6-10/h3-4,6-7,11,13H,1-2,5,8H2. The SMILES string of the molecule is c1cc2cnoc2cc1OC1CCCNC1. The number of piperidine rings is 1. The summed E-state index contributed by atoms with van der Waals surface area (Å²) < 4.78 is 11.0. The van der Waals surface area contributed by atoms with E-state index in [0.29, 0.717) is 0 Å². The Kier molecular flexibility index (Phi) is 2.50. The zero-order valence-corrected chi connectivity index (χ0v) is 8.98. The van der Waals surface area contributed by atoms with Gasteiger partial charge in [0.05, 0.1) is 6.20 Å². The Morgan fingerprint density at radius 3 is 3.31 bits per heavy atom. The molecular weight excluding hydrogens is 204 g/mol. The third kappa shape index (κ3) is 1.88. The largest absolute Gasteiger partial charge is 0.489 e. The monoisotopic (exact) mass is 218 g/mol. The summed E-state index contributed by atoms with van der Waals surface area (Å²) in [5, 5.41) is 8.08. The van der Waals surface area contributed by atoms with E-state index in [1.165, 1.54) is 6.42 Å². The van der Waals surface area contributed by atoms with Crippen molar-refractivity contribution in [2.24, 2.45) is 0 Å². The van der Waals surface area contributed by atoms with Crippen LogP contribution in [0, 0.1) is 0 Å². The van der Waals surface area contributed by atoms with Gasteiger partial charge in [0.25, 0.3) is 0 Å². The third-order valence-corrected chi connectivity index (χ3v) is 2.88. The lowest BCUT2D eigenvalue weighted by atomic mass is 10.1. The van der Waals surface area contributed by atoms with Crippen molar-refractivity contribution >= 4 is 11.0 Å². The Balaban J connectivity index is 1.77. The predicted molar refractivity (Wildman–Crippen MR) is 60.5 cm³/mol. The first-order valence-electron chi connectivity index (χ1n) is 5.64. The minimum Gasteiger partial charge on any atom is -0.489 e. The van der Waals surface area contributed by atoms with Crippen LogP contribution in [-0.2, 0) is 0 Å². The summed E-state index contributed by atoms with van der Waals surface area (Å²) >= 11 is 0. The van der Waals surface area contributed by atoms with E-state index >= 15 is 0 Å². The maximum atomic E-state index is 5.88. The van der Waals surface area contributed by atoms with E-state index in [4.69, 9.17) is 9.26 Å². The lowest BCUT2D eigenvalue weighted by Crippen LogP contribution is -2.37. The molecule has 1 aliphatic heterocycles. The van der Waals surface area contributed by atoms with Gasteiger partial charge in [-0.15, -0.1) is 0 Å². The first-order chi connectivity index (χ1) is 7.92. The van der Waals surface area contributed by atoms with Crippen LogP contribution < -0.4 is 10.1 Å². The summed E-state index contributed by atoms with van der Waals surface area (Å²) in [5.41, 5.74) is 0.779. The molecule has 1 saturated heterocycles. The fourth-order valence-electron chi connectivity index (χ4n) is 2.03. The molecule has 84 valence electrons. The fraction of sp³-hybridized carbons (Fsp3) is 0.417. The van der Waals surface area contributed by atoms with Gasteiger partial charge in [0, 0.05) is 18.0 Å². The zero-order chi connectivity index (χ0) is 10.8. The number of ether oxygens (including phenoxy) is 1. The van der Waals surface area contributed by atoms with Crippen LogP contribution in [-0.4, -0.2) is 24.4 Å². The molecule has 1 unspecified atom stereocenters. The molecule has 0 aliphatic carbocycles. The molecule has 0 bridgehead atoms. The van der Waals surface area contributed by atoms with Crippen molar-refractivity contribution in [1.29, 1.82) is 0 Å². The molecule has 1 atom stereocenters. The molecule has 1 fully saturated rings. The molecule has 1 aliphatic rings. The smallest absolute Gasteiger partial charge is 0.170 e. The highest BCUT2D eigenvalue weighted by Crippen LogP contribution is 2.22. The lowest BCUT2D eigenvalue weighted by Gasteiger charge is -2.23. The highest BCUT2D eigenvalue weighted by atomic mass is 16.5. The summed E-state index contributed by atoms with van der Waals surface area (Å²) in [7, 11) is 0. The van der Waals surface area contributed by atoms with Crippen molar-refractivity contribution in [3.63, 3.8) is 0 Å². The van der Waals surface area contributed by atoms with Crippen molar-refractivity contribution in [3.05, 3.63) is 24.4 Å². The van der Waals surface area contributed by atoms with E-state index in [1.807, 2.05) is 18.2 Å². The van der Waals surface area contributed by atoms with Crippen molar-refractivity contribution in [3.8, 4) is 5.75 Å². The second-order valence-corrected chi connectivity index (χ2v) is 4.11. The van der Waals surface area contributed by atoms with Gasteiger partial charge in [-0.25, -0.2) is 0 Å². The molecule has 16 heavy (non-hydrogen) atoms. The van der Waals surface area contributed by atoms with Crippen LogP contribution in [0.4, 0.5) is 0 Å². The van der Waals surface area contributed by atoms with Crippen LogP contribution in [0.3, 0.4) is 0 Å². The van der Waals surface area contributed by atoms with Crippen molar-refractivity contribution in [2.45, 2.75) is 18.9 Å². The van der Waals surface area contributed by atoms with Crippen molar-refractivity contribution in [1.82, 2.24) is 10.5 Å². The molecule has 2 aromatic rings. The zero-order valence-electron chi connectivity index (χ0n) is 8.98. The maximum Gasteiger partial charge on any atom is 0.170 e. The second kappa shape index (κ2) is 4.14. The summed E-state index contributed by atoms with van der Waals surface area (Å²) in [6.07, 6.45) is 4.27. The summed E-state index contributed by atoms with van der Waals surface area (Å²) in [6, 6.07) is 5.84. The number of hydrogen-bond acceptors (Lipinski definition) is 4. The molecule has 0 radical (unpaired) electrons. The van der Waals surface area contributed by atoms with Gasteiger partial charge in [-0.3, -0.25) is 0 Å². The molecule has 1 N–H and O–H groups in total. The van der Waals surface area contributed by atoms with Gasteiger partial charge in [0.1, 0.15) is 11.9 Å². The molecule has 0 spiro atoms. The van der Waals surface area contributed by atoms with Gasteiger partial charge in [-0.1, -0.05) is 5.16 Å². The van der Waals surface area contributed by atoms with Crippen LogP contribution in [0.2, 0.25) is 0 Å². The average Bonchev–Trinajstić information content (AvgIpc) is 2.77. The molecule has 3 rings (SSSR count). The Morgan fingerprint density at radius 1 is 1.44 bits per heavy atom. The Hall–Kier alpha value is -1.55. The maximum absolute atomic E-state index is 5.88. The Morgan fingerprint density at radius 2 is 2.44 bits per heavy atom. The molecule has 1 aromatic carbocycles. The number of aromatic nitrogens is 1. The number of rotatable bonds is 2. The highest BCUT2D eigenvalue weighted by Gasteiger charge is 2.14. The minimum atomic E-state index is 0.272. The molecule has 1 aromatic heterocycles. The normalized spacial score (nSPS) is 21.1. The van der Waals surface area contributed by atoms with E-state index in [-0.39, 0.29) is 6.10 Å². The summed E-state index contributed by atoms with van der Waals surface area (Å²) in [5.74, 6) is 0.859. The Labute approximate surface area is 93.6 Å². The molecule has 0 amide bonds. The van der Waals surface area contributed by atoms with Crippen molar-refractivity contribution < 1.29 is 9.26 Å². The van der Waals surface area contributed by atoms with E-state index in [9.17, 15) is 0 Å². The van der Waals surface area contributed by atoms with E-state index in [2.05, 4.69) is 10.5 Å². The fourth-order valence-corrected chi connectivity index (χ4v) is 2.03. The van der Waals surface area contributed by atoms with Gasteiger partial charge in [0.2, 0.25) is 0 Å². The second-order valence-electron chi connectivity index (χ2n) is 4.11. The lowest BCUT2D eigenvalue weighted by molar-refractivity contribution is 0.167. The average molecular weight is 218 g/mol. The molecule has 4 heteroatoms. The topological polar surface area (TPSA) is 47.3 Å². The quantitative estimate of drug-likeness (QED) is 0.837. The van der Waals surface area contributed by atoms with E-state index in [0.717, 1.165) is 36.2 Å². The van der Waals surface area contributed by atoms with Crippen LogP contribution in [0.5, 0.6) is 5.75 Å². The number of nitrogens with one attached hydrogen (secondary N) is 1. The number of benzene rings is 1. The van der Waals surface area contributed by atoms with E-state index < -0.39 is 0 Å². The van der Waals surface area contributed by atoms with Gasteiger partial charge in [-0.05, 0) is 31.5 Å². The highest BCUT2D eigenvalue weighted by molar-refractivity contribution is 5.77. The van der Waals surface area contributed by atoms with Gasteiger partial charge >= 0.3 is 0 Å². The van der Waals surface area contributed by atoms with Crippen LogP contribution in [0.25, 0.3) is 11.0 Å². The third-order valence-electron chi connectivity index (χ3n) is 2.88. The van der Waals surface area contributed by atoms with Crippen LogP contribution >= 0.6 is 0 Å². The number of nitrogens with zero attached hydrogens (tertiary/aromatic N) is 1.